The van der Waals surface area contributed by atoms with E-state index >= 15 is 0 Å². The molecule has 0 aliphatic heterocycles. The third kappa shape index (κ3) is 4.96. The van der Waals surface area contributed by atoms with Gasteiger partial charge in [0.15, 0.2) is 0 Å². The van der Waals surface area contributed by atoms with Crippen LogP contribution in [-0.2, 0) is 4.74 Å². The topological polar surface area (TPSA) is 50.4 Å². The van der Waals surface area contributed by atoms with E-state index in [4.69, 9.17) is 4.74 Å². The molecule has 0 heterocycles. The molecule has 0 aliphatic rings. The largest absolute Gasteiger partial charge is 0.374 e. The molecule has 0 aliphatic carbocycles. The Hall–Kier alpha value is -0.770. The van der Waals surface area contributed by atoms with Gasteiger partial charge < -0.3 is 15.4 Å². The van der Waals surface area contributed by atoms with E-state index in [1.54, 1.807) is 7.05 Å². The molecule has 2 amide bonds. The summed E-state index contributed by atoms with van der Waals surface area (Å²) >= 11 is 0. The molecule has 0 rings (SSSR count). The molecule has 0 saturated carbocycles. The van der Waals surface area contributed by atoms with Gasteiger partial charge in [0.05, 0.1) is 5.60 Å². The predicted molar refractivity (Wildman–Crippen MR) is 48.2 cm³/mol. The highest BCUT2D eigenvalue weighted by atomic mass is 16.5. The summed E-state index contributed by atoms with van der Waals surface area (Å²) in [4.78, 5) is 10.8. The molecule has 0 fully saturated rings. The van der Waals surface area contributed by atoms with E-state index < -0.39 is 0 Å². The summed E-state index contributed by atoms with van der Waals surface area (Å²) in [7, 11) is 1.59. The normalized spacial score (nSPS) is 11.0. The molecule has 0 saturated heterocycles. The monoisotopic (exact) mass is 174 g/mol. The molecule has 0 atom stereocenters. The summed E-state index contributed by atoms with van der Waals surface area (Å²) in [5.41, 5.74) is -0.290. The number of hydrogen-bond donors (Lipinski definition) is 2. The van der Waals surface area contributed by atoms with E-state index in [0.29, 0.717) is 13.2 Å². The number of rotatable bonds is 4. The second-order valence-electron chi connectivity index (χ2n) is 3.13. The van der Waals surface area contributed by atoms with Crippen molar-refractivity contribution in [2.75, 3.05) is 20.2 Å². The van der Waals surface area contributed by atoms with Gasteiger partial charge in [-0.05, 0) is 20.8 Å². The van der Waals surface area contributed by atoms with Crippen LogP contribution in [0, 0.1) is 0 Å². The fourth-order valence-corrected chi connectivity index (χ4v) is 0.823. The van der Waals surface area contributed by atoms with Gasteiger partial charge in [-0.3, -0.25) is 0 Å². The van der Waals surface area contributed by atoms with Crippen molar-refractivity contribution in [3.8, 4) is 0 Å². The summed E-state index contributed by atoms with van der Waals surface area (Å²) in [6.45, 7) is 6.98. The highest BCUT2D eigenvalue weighted by molar-refractivity contribution is 5.73. The Balaban J connectivity index is 3.67. The number of carbonyl (C=O) groups excluding carboxylic acids is 1. The molecule has 2 N–H and O–H groups in total. The van der Waals surface area contributed by atoms with E-state index in [0.717, 1.165) is 0 Å². The van der Waals surface area contributed by atoms with Crippen LogP contribution in [0.1, 0.15) is 20.8 Å². The highest BCUT2D eigenvalue weighted by Crippen LogP contribution is 2.06. The van der Waals surface area contributed by atoms with Crippen LogP contribution in [0.15, 0.2) is 0 Å². The van der Waals surface area contributed by atoms with Gasteiger partial charge in [-0.1, -0.05) is 0 Å². The quantitative estimate of drug-likeness (QED) is 0.660. The first-order chi connectivity index (χ1) is 5.52. The lowest BCUT2D eigenvalue weighted by molar-refractivity contribution is -0.00685. The van der Waals surface area contributed by atoms with Crippen LogP contribution < -0.4 is 10.6 Å². The number of carbonyl (C=O) groups is 1. The van der Waals surface area contributed by atoms with Crippen molar-refractivity contribution < 1.29 is 9.53 Å². The maximum Gasteiger partial charge on any atom is 0.314 e. The van der Waals surface area contributed by atoms with Crippen molar-refractivity contribution in [3.63, 3.8) is 0 Å². The SMILES string of the molecule is CCOC(C)(C)CNC(=O)NC. The van der Waals surface area contributed by atoms with Crippen LogP contribution in [-0.4, -0.2) is 31.8 Å². The fraction of sp³-hybridized carbons (Fsp3) is 0.875. The number of urea groups is 1. The van der Waals surface area contributed by atoms with E-state index in [2.05, 4.69) is 10.6 Å². The molecule has 4 nitrogen and oxygen atoms in total. The van der Waals surface area contributed by atoms with E-state index in [9.17, 15) is 4.79 Å². The lowest BCUT2D eigenvalue weighted by Gasteiger charge is -2.24. The number of ether oxygens (including phenoxy) is 1. The first-order valence-electron chi connectivity index (χ1n) is 4.11. The van der Waals surface area contributed by atoms with Crippen LogP contribution in [0.4, 0.5) is 4.79 Å². The van der Waals surface area contributed by atoms with Gasteiger partial charge >= 0.3 is 6.03 Å². The first kappa shape index (κ1) is 11.2. The Labute approximate surface area is 73.7 Å². The first-order valence-corrected chi connectivity index (χ1v) is 4.11. The molecule has 4 heteroatoms. The molecule has 0 aromatic heterocycles. The second kappa shape index (κ2) is 4.98. The van der Waals surface area contributed by atoms with Gasteiger partial charge in [0.25, 0.3) is 0 Å². The predicted octanol–water partition coefficient (Wildman–Crippen LogP) is 0.731. The average Bonchev–Trinajstić information content (AvgIpc) is 2.00. The summed E-state index contributed by atoms with van der Waals surface area (Å²) in [6.07, 6.45) is 0. The van der Waals surface area contributed by atoms with Crippen molar-refractivity contribution in [3.05, 3.63) is 0 Å². The minimum absolute atomic E-state index is 0.178. The molecule has 0 bridgehead atoms. The van der Waals surface area contributed by atoms with Crippen LogP contribution in [0.5, 0.6) is 0 Å². The van der Waals surface area contributed by atoms with Crippen LogP contribution in [0.25, 0.3) is 0 Å². The second-order valence-corrected chi connectivity index (χ2v) is 3.13. The average molecular weight is 174 g/mol. The Morgan fingerprint density at radius 1 is 1.50 bits per heavy atom. The third-order valence-electron chi connectivity index (χ3n) is 1.44. The summed E-state index contributed by atoms with van der Waals surface area (Å²) < 4.78 is 5.38. The van der Waals surface area contributed by atoms with E-state index in [1.807, 2.05) is 20.8 Å². The minimum atomic E-state index is -0.290. The Kier molecular flexibility index (Phi) is 4.66. The zero-order chi connectivity index (χ0) is 9.61. The van der Waals surface area contributed by atoms with Crippen LogP contribution >= 0.6 is 0 Å². The number of hydrogen-bond acceptors (Lipinski definition) is 2. The fourth-order valence-electron chi connectivity index (χ4n) is 0.823. The molecule has 0 aromatic rings. The van der Waals surface area contributed by atoms with Crippen LogP contribution in [0.2, 0.25) is 0 Å². The zero-order valence-corrected chi connectivity index (χ0v) is 8.23. The number of nitrogens with one attached hydrogen (secondary N) is 2. The summed E-state index contributed by atoms with van der Waals surface area (Å²) in [5.74, 6) is 0. The van der Waals surface area contributed by atoms with Crippen molar-refractivity contribution in [1.29, 1.82) is 0 Å². The minimum Gasteiger partial charge on any atom is -0.374 e. The molecule has 12 heavy (non-hydrogen) atoms. The third-order valence-corrected chi connectivity index (χ3v) is 1.44. The van der Waals surface area contributed by atoms with Crippen molar-refractivity contribution in [2.24, 2.45) is 0 Å². The van der Waals surface area contributed by atoms with Gasteiger partial charge in [-0.25, -0.2) is 4.79 Å². The Morgan fingerprint density at radius 2 is 2.08 bits per heavy atom. The lowest BCUT2D eigenvalue weighted by Crippen LogP contribution is -2.43. The molecule has 0 unspecified atom stereocenters. The van der Waals surface area contributed by atoms with Gasteiger partial charge in [0.2, 0.25) is 0 Å². The van der Waals surface area contributed by atoms with Crippen LogP contribution in [0.3, 0.4) is 0 Å². The molecular weight excluding hydrogens is 156 g/mol. The highest BCUT2D eigenvalue weighted by Gasteiger charge is 2.17. The van der Waals surface area contributed by atoms with Crippen molar-refractivity contribution >= 4 is 6.03 Å². The zero-order valence-electron chi connectivity index (χ0n) is 8.23. The van der Waals surface area contributed by atoms with Gasteiger partial charge in [0, 0.05) is 20.2 Å². The standard InChI is InChI=1S/C8H18N2O2/c1-5-12-8(2,3)6-10-7(11)9-4/h5-6H2,1-4H3,(H2,9,10,11). The van der Waals surface area contributed by atoms with E-state index in [1.165, 1.54) is 0 Å². The van der Waals surface area contributed by atoms with Crippen molar-refractivity contribution in [2.45, 2.75) is 26.4 Å². The Morgan fingerprint density at radius 3 is 2.50 bits per heavy atom. The summed E-state index contributed by atoms with van der Waals surface area (Å²) in [6, 6.07) is -0.178. The maximum absolute atomic E-state index is 10.8. The smallest absolute Gasteiger partial charge is 0.314 e. The molecular formula is C8H18N2O2. The maximum atomic E-state index is 10.8. The van der Waals surface area contributed by atoms with E-state index in [-0.39, 0.29) is 11.6 Å². The van der Waals surface area contributed by atoms with Gasteiger partial charge in [-0.2, -0.15) is 0 Å². The molecule has 72 valence electrons. The molecule has 0 spiro atoms. The van der Waals surface area contributed by atoms with Gasteiger partial charge in [-0.15, -0.1) is 0 Å². The van der Waals surface area contributed by atoms with Crippen molar-refractivity contribution in [1.82, 2.24) is 10.6 Å². The molecule has 0 radical (unpaired) electrons. The lowest BCUT2D eigenvalue weighted by atomic mass is 10.1. The summed E-state index contributed by atoms with van der Waals surface area (Å²) in [5, 5.41) is 5.16. The Bertz CT molecular complexity index is 146. The van der Waals surface area contributed by atoms with Gasteiger partial charge in [0.1, 0.15) is 0 Å². The molecule has 0 aromatic carbocycles. The number of amides is 2.